The minimum Gasteiger partial charge on any atom is -0.405 e. The van der Waals surface area contributed by atoms with Gasteiger partial charge in [0.1, 0.15) is 5.75 Å². The molecule has 0 aliphatic rings. The van der Waals surface area contributed by atoms with Crippen LogP contribution in [0.5, 0.6) is 5.75 Å². The largest absolute Gasteiger partial charge is 0.573 e. The van der Waals surface area contributed by atoms with Crippen molar-refractivity contribution < 1.29 is 17.9 Å². The van der Waals surface area contributed by atoms with E-state index in [1.54, 1.807) is 0 Å². The predicted octanol–water partition coefficient (Wildman–Crippen LogP) is 4.62. The van der Waals surface area contributed by atoms with Crippen molar-refractivity contribution in [3.05, 3.63) is 34.6 Å². The molecular formula is C13H13BrF3N3O. The first-order valence-corrected chi connectivity index (χ1v) is 6.94. The molecule has 0 bridgehead atoms. The topological polar surface area (TPSA) is 39.1 Å². The number of nitrogens with one attached hydrogen (secondary N) is 1. The van der Waals surface area contributed by atoms with Crippen LogP contribution in [-0.2, 0) is 6.54 Å². The number of ether oxygens (including phenoxy) is 1. The van der Waals surface area contributed by atoms with Crippen LogP contribution in [0.4, 0.5) is 24.8 Å². The molecule has 21 heavy (non-hydrogen) atoms. The van der Waals surface area contributed by atoms with Crippen LogP contribution >= 0.6 is 15.9 Å². The summed E-state index contributed by atoms with van der Waals surface area (Å²) in [5.41, 5.74) is 1.46. The summed E-state index contributed by atoms with van der Waals surface area (Å²) in [5, 5.41) is 3.06. The lowest BCUT2D eigenvalue weighted by molar-refractivity contribution is -0.274. The lowest BCUT2D eigenvalue weighted by atomic mass is 10.3. The van der Waals surface area contributed by atoms with E-state index in [9.17, 15) is 13.2 Å². The summed E-state index contributed by atoms with van der Waals surface area (Å²) in [6.45, 7) is 4.58. The summed E-state index contributed by atoms with van der Waals surface area (Å²) >= 11 is 3.06. The Balaban J connectivity index is 2.20. The normalized spacial score (nSPS) is 11.5. The quantitative estimate of drug-likeness (QED) is 0.861. The maximum atomic E-state index is 12.2. The third-order valence-corrected chi connectivity index (χ3v) is 3.27. The highest BCUT2D eigenvalue weighted by molar-refractivity contribution is 9.10. The van der Waals surface area contributed by atoms with Gasteiger partial charge in [-0.3, -0.25) is 0 Å². The molecule has 1 heterocycles. The number of halogens is 4. The number of imidazole rings is 1. The fourth-order valence-corrected chi connectivity index (χ4v) is 2.26. The zero-order chi connectivity index (χ0) is 15.6. The molecule has 0 fully saturated rings. The molecule has 8 heteroatoms. The summed E-state index contributed by atoms with van der Waals surface area (Å²) in [6.07, 6.45) is -2.83. The van der Waals surface area contributed by atoms with Gasteiger partial charge in [0, 0.05) is 18.4 Å². The van der Waals surface area contributed by atoms with Gasteiger partial charge < -0.3 is 14.6 Å². The maximum absolute atomic E-state index is 12.2. The summed E-state index contributed by atoms with van der Waals surface area (Å²) in [7, 11) is 0. The van der Waals surface area contributed by atoms with Gasteiger partial charge in [-0.15, -0.1) is 13.2 Å². The van der Waals surface area contributed by atoms with Crippen molar-refractivity contribution >= 4 is 27.6 Å². The molecule has 2 aromatic rings. The zero-order valence-electron chi connectivity index (χ0n) is 11.3. The van der Waals surface area contributed by atoms with E-state index in [4.69, 9.17) is 0 Å². The van der Waals surface area contributed by atoms with Crippen molar-refractivity contribution in [2.24, 2.45) is 0 Å². The van der Waals surface area contributed by atoms with E-state index in [1.165, 1.54) is 18.2 Å². The zero-order valence-corrected chi connectivity index (χ0v) is 12.9. The molecule has 1 N–H and O–H groups in total. The van der Waals surface area contributed by atoms with Gasteiger partial charge >= 0.3 is 6.36 Å². The second-order valence-corrected chi connectivity index (χ2v) is 5.16. The second-order valence-electron chi connectivity index (χ2n) is 4.31. The number of nitrogens with zero attached hydrogens (tertiary/aromatic N) is 2. The predicted molar refractivity (Wildman–Crippen MR) is 76.7 cm³/mol. The van der Waals surface area contributed by atoms with Gasteiger partial charge in [-0.1, -0.05) is 0 Å². The van der Waals surface area contributed by atoms with Crippen molar-refractivity contribution in [2.45, 2.75) is 26.8 Å². The minimum absolute atomic E-state index is 0.205. The van der Waals surface area contributed by atoms with Gasteiger partial charge in [-0.05, 0) is 48.0 Å². The number of rotatable bonds is 4. The molecule has 0 radical (unpaired) electrons. The molecule has 0 unspecified atom stereocenters. The second kappa shape index (κ2) is 5.97. The first kappa shape index (κ1) is 15.7. The fourth-order valence-electron chi connectivity index (χ4n) is 1.80. The van der Waals surface area contributed by atoms with Crippen LogP contribution in [-0.4, -0.2) is 15.9 Å². The smallest absolute Gasteiger partial charge is 0.405 e. The number of anilines is 2. The Hall–Kier alpha value is -1.70. The van der Waals surface area contributed by atoms with Gasteiger partial charge in [0.05, 0.1) is 10.2 Å². The lowest BCUT2D eigenvalue weighted by Crippen LogP contribution is -2.17. The van der Waals surface area contributed by atoms with Crippen LogP contribution < -0.4 is 10.1 Å². The van der Waals surface area contributed by atoms with E-state index in [-0.39, 0.29) is 10.2 Å². The molecule has 114 valence electrons. The average Bonchev–Trinajstić information content (AvgIpc) is 2.71. The number of benzene rings is 1. The molecule has 2 rings (SSSR count). The van der Waals surface area contributed by atoms with Crippen LogP contribution in [0.1, 0.15) is 12.6 Å². The summed E-state index contributed by atoms with van der Waals surface area (Å²) in [4.78, 5) is 4.31. The molecular weight excluding hydrogens is 351 g/mol. The molecule has 0 atom stereocenters. The molecule has 4 nitrogen and oxygen atoms in total. The summed E-state index contributed by atoms with van der Waals surface area (Å²) in [6, 6.07) is 4.24. The maximum Gasteiger partial charge on any atom is 0.573 e. The van der Waals surface area contributed by atoms with E-state index in [0.29, 0.717) is 11.6 Å². The van der Waals surface area contributed by atoms with Gasteiger partial charge in [-0.2, -0.15) is 0 Å². The molecule has 0 aliphatic carbocycles. The third kappa shape index (κ3) is 4.13. The standard InChI is InChI=1S/C13H13BrF3N3O/c1-3-20-7-8(2)18-12(20)19-9-4-5-11(10(14)6-9)21-13(15,16)17/h4-7H,3H2,1-2H3,(H,18,19). The Morgan fingerprint density at radius 3 is 2.67 bits per heavy atom. The van der Waals surface area contributed by atoms with E-state index >= 15 is 0 Å². The molecule has 0 saturated heterocycles. The molecule has 1 aromatic heterocycles. The highest BCUT2D eigenvalue weighted by atomic mass is 79.9. The number of aryl methyl sites for hydroxylation is 2. The molecule has 0 aliphatic heterocycles. The molecule has 0 saturated carbocycles. The van der Waals surface area contributed by atoms with Crippen molar-refractivity contribution in [1.82, 2.24) is 9.55 Å². The van der Waals surface area contributed by atoms with E-state index in [0.717, 1.165) is 12.2 Å². The van der Waals surface area contributed by atoms with E-state index in [1.807, 2.05) is 24.6 Å². The van der Waals surface area contributed by atoms with Crippen molar-refractivity contribution in [3.8, 4) is 5.75 Å². The lowest BCUT2D eigenvalue weighted by Gasteiger charge is -2.12. The first-order valence-electron chi connectivity index (χ1n) is 6.14. The summed E-state index contributed by atoms with van der Waals surface area (Å²) < 4.78 is 42.6. The highest BCUT2D eigenvalue weighted by Crippen LogP contribution is 2.33. The SMILES string of the molecule is CCn1cc(C)nc1Nc1ccc(OC(F)(F)F)c(Br)c1. The minimum atomic E-state index is -4.72. The van der Waals surface area contributed by atoms with Crippen molar-refractivity contribution in [1.29, 1.82) is 0 Å². The average molecular weight is 364 g/mol. The van der Waals surface area contributed by atoms with Crippen LogP contribution in [0.3, 0.4) is 0 Å². The Morgan fingerprint density at radius 2 is 2.10 bits per heavy atom. The first-order chi connectivity index (χ1) is 9.78. The Labute approximate surface area is 128 Å². The number of hydrogen-bond acceptors (Lipinski definition) is 3. The Morgan fingerprint density at radius 1 is 1.38 bits per heavy atom. The summed E-state index contributed by atoms with van der Waals surface area (Å²) in [5.74, 6) is 0.342. The molecule has 1 aromatic carbocycles. The molecule has 0 spiro atoms. The van der Waals surface area contributed by atoms with Crippen molar-refractivity contribution in [3.63, 3.8) is 0 Å². The van der Waals surface area contributed by atoms with Gasteiger partial charge in [0.15, 0.2) is 0 Å². The fraction of sp³-hybridized carbons (Fsp3) is 0.308. The molecule has 0 amide bonds. The third-order valence-electron chi connectivity index (χ3n) is 2.65. The van der Waals surface area contributed by atoms with Crippen LogP contribution in [0.25, 0.3) is 0 Å². The number of alkyl halides is 3. The van der Waals surface area contributed by atoms with Crippen LogP contribution in [0.15, 0.2) is 28.9 Å². The van der Waals surface area contributed by atoms with Crippen LogP contribution in [0, 0.1) is 6.92 Å². The van der Waals surface area contributed by atoms with Gasteiger partial charge in [0.25, 0.3) is 0 Å². The monoisotopic (exact) mass is 363 g/mol. The number of hydrogen-bond donors (Lipinski definition) is 1. The van der Waals surface area contributed by atoms with Crippen molar-refractivity contribution in [2.75, 3.05) is 5.32 Å². The number of aromatic nitrogens is 2. The van der Waals surface area contributed by atoms with Crippen LogP contribution in [0.2, 0.25) is 0 Å². The van der Waals surface area contributed by atoms with E-state index in [2.05, 4.69) is 31.0 Å². The van der Waals surface area contributed by atoms with E-state index < -0.39 is 6.36 Å². The Bertz CT molecular complexity index is 640. The highest BCUT2D eigenvalue weighted by Gasteiger charge is 2.31. The Kier molecular flexibility index (Phi) is 4.46. The van der Waals surface area contributed by atoms with Gasteiger partial charge in [0.2, 0.25) is 5.95 Å². The van der Waals surface area contributed by atoms with Gasteiger partial charge in [-0.25, -0.2) is 4.98 Å².